The Labute approximate surface area is 118 Å². The summed E-state index contributed by atoms with van der Waals surface area (Å²) < 4.78 is 25.2. The Morgan fingerprint density at radius 3 is 2.26 bits per heavy atom. The molecule has 1 N–H and O–H groups in total. The maximum Gasteiger partial charge on any atom is 0.213 e. The molecule has 1 saturated carbocycles. The molecule has 4 nitrogen and oxygen atoms in total. The highest BCUT2D eigenvalue weighted by Crippen LogP contribution is 2.29. The van der Waals surface area contributed by atoms with Gasteiger partial charge in [-0.3, -0.25) is 0 Å². The van der Waals surface area contributed by atoms with Crippen LogP contribution >= 0.6 is 0 Å². The zero-order valence-electron chi connectivity index (χ0n) is 12.3. The van der Waals surface area contributed by atoms with Gasteiger partial charge in [0.25, 0.3) is 0 Å². The van der Waals surface area contributed by atoms with Crippen molar-refractivity contribution in [1.29, 1.82) is 0 Å². The lowest BCUT2D eigenvalue weighted by Crippen LogP contribution is -2.47. The van der Waals surface area contributed by atoms with Crippen molar-refractivity contribution < 1.29 is 8.42 Å². The number of hydrogen-bond donors (Lipinski definition) is 1. The molecule has 1 aliphatic heterocycles. The van der Waals surface area contributed by atoms with Gasteiger partial charge in [0, 0.05) is 25.2 Å². The van der Waals surface area contributed by atoms with E-state index in [1.54, 1.807) is 11.2 Å². The number of rotatable bonds is 5. The zero-order chi connectivity index (χ0) is 13.9. The SMILES string of the molecule is CCC1CCC(NC2CCN(S(=O)(=O)CC)CC2)C1. The first-order valence-corrected chi connectivity index (χ1v) is 9.40. The molecule has 2 rings (SSSR count). The third kappa shape index (κ3) is 3.92. The maximum atomic E-state index is 11.8. The minimum absolute atomic E-state index is 0.228. The molecule has 19 heavy (non-hydrogen) atoms. The summed E-state index contributed by atoms with van der Waals surface area (Å²) in [6, 6.07) is 1.19. The Hall–Kier alpha value is -0.130. The molecular formula is C14H28N2O2S. The molecule has 0 aromatic carbocycles. The van der Waals surface area contributed by atoms with Crippen molar-refractivity contribution in [1.82, 2.24) is 9.62 Å². The first-order valence-electron chi connectivity index (χ1n) is 7.79. The topological polar surface area (TPSA) is 49.4 Å². The van der Waals surface area contributed by atoms with Gasteiger partial charge in [0.15, 0.2) is 0 Å². The molecule has 0 radical (unpaired) electrons. The van der Waals surface area contributed by atoms with Crippen LogP contribution in [0.2, 0.25) is 0 Å². The standard InChI is InChI=1S/C14H28N2O2S/c1-3-12-5-6-14(11-12)15-13-7-9-16(10-8-13)19(17,18)4-2/h12-15H,3-11H2,1-2H3. The largest absolute Gasteiger partial charge is 0.311 e. The van der Waals surface area contributed by atoms with Crippen molar-refractivity contribution in [3.05, 3.63) is 0 Å². The lowest BCUT2D eigenvalue weighted by Gasteiger charge is -2.33. The van der Waals surface area contributed by atoms with Crippen molar-refractivity contribution in [2.75, 3.05) is 18.8 Å². The Bertz CT molecular complexity index is 375. The van der Waals surface area contributed by atoms with Gasteiger partial charge in [0.1, 0.15) is 0 Å². The van der Waals surface area contributed by atoms with E-state index in [1.165, 1.54) is 25.7 Å². The fraction of sp³-hybridized carbons (Fsp3) is 1.00. The van der Waals surface area contributed by atoms with E-state index >= 15 is 0 Å². The van der Waals surface area contributed by atoms with Crippen molar-refractivity contribution in [2.45, 2.75) is 64.5 Å². The molecule has 0 amide bonds. The van der Waals surface area contributed by atoms with Crippen LogP contribution in [0.4, 0.5) is 0 Å². The first kappa shape index (κ1) is 15.3. The predicted octanol–water partition coefficient (Wildman–Crippen LogP) is 1.97. The molecule has 112 valence electrons. The average Bonchev–Trinajstić information content (AvgIpc) is 2.87. The number of sulfonamides is 1. The van der Waals surface area contributed by atoms with Gasteiger partial charge in [-0.2, -0.15) is 0 Å². The van der Waals surface area contributed by atoms with Crippen molar-refractivity contribution in [3.8, 4) is 0 Å². The van der Waals surface area contributed by atoms with Gasteiger partial charge >= 0.3 is 0 Å². The van der Waals surface area contributed by atoms with E-state index in [2.05, 4.69) is 12.2 Å². The third-order valence-electron chi connectivity index (χ3n) is 4.80. The molecule has 0 spiro atoms. The molecular weight excluding hydrogens is 260 g/mol. The normalized spacial score (nSPS) is 30.8. The van der Waals surface area contributed by atoms with Crippen molar-refractivity contribution >= 4 is 10.0 Å². The maximum absolute atomic E-state index is 11.8. The molecule has 0 aromatic rings. The summed E-state index contributed by atoms with van der Waals surface area (Å²) in [5, 5.41) is 3.75. The van der Waals surface area contributed by atoms with E-state index in [1.807, 2.05) is 0 Å². The minimum atomic E-state index is -2.98. The molecule has 1 heterocycles. The second kappa shape index (κ2) is 6.55. The van der Waals surface area contributed by atoms with Gasteiger partial charge in [-0.15, -0.1) is 0 Å². The van der Waals surface area contributed by atoms with Crippen LogP contribution in [0, 0.1) is 5.92 Å². The molecule has 0 bridgehead atoms. The second-order valence-electron chi connectivity index (χ2n) is 6.02. The van der Waals surface area contributed by atoms with Crippen LogP contribution in [0.25, 0.3) is 0 Å². The van der Waals surface area contributed by atoms with Crippen molar-refractivity contribution in [3.63, 3.8) is 0 Å². The van der Waals surface area contributed by atoms with E-state index in [-0.39, 0.29) is 5.75 Å². The highest BCUT2D eigenvalue weighted by atomic mass is 32.2. The van der Waals surface area contributed by atoms with Crippen LogP contribution in [-0.2, 0) is 10.0 Å². The minimum Gasteiger partial charge on any atom is -0.311 e. The summed E-state index contributed by atoms with van der Waals surface area (Å²) in [5.74, 6) is 1.13. The Morgan fingerprint density at radius 2 is 1.74 bits per heavy atom. The molecule has 5 heteroatoms. The van der Waals surface area contributed by atoms with Crippen LogP contribution < -0.4 is 5.32 Å². The summed E-state index contributed by atoms with van der Waals surface area (Å²) in [5.41, 5.74) is 0. The molecule has 2 atom stereocenters. The molecule has 1 saturated heterocycles. The third-order valence-corrected chi connectivity index (χ3v) is 6.68. The van der Waals surface area contributed by atoms with Crippen LogP contribution in [0.15, 0.2) is 0 Å². The van der Waals surface area contributed by atoms with Gasteiger partial charge in [-0.05, 0) is 44.9 Å². The van der Waals surface area contributed by atoms with Crippen molar-refractivity contribution in [2.24, 2.45) is 5.92 Å². The van der Waals surface area contributed by atoms with Crippen LogP contribution in [0.5, 0.6) is 0 Å². The summed E-state index contributed by atoms with van der Waals surface area (Å²) in [4.78, 5) is 0. The van der Waals surface area contributed by atoms with Gasteiger partial charge in [0.2, 0.25) is 10.0 Å². The number of piperidine rings is 1. The van der Waals surface area contributed by atoms with Crippen LogP contribution in [0.3, 0.4) is 0 Å². The van der Waals surface area contributed by atoms with Crippen LogP contribution in [-0.4, -0.2) is 43.6 Å². The second-order valence-corrected chi connectivity index (χ2v) is 8.28. The van der Waals surface area contributed by atoms with Crippen LogP contribution in [0.1, 0.15) is 52.4 Å². The lowest BCUT2D eigenvalue weighted by molar-refractivity contribution is 0.271. The number of nitrogens with one attached hydrogen (secondary N) is 1. The highest BCUT2D eigenvalue weighted by Gasteiger charge is 2.30. The predicted molar refractivity (Wildman–Crippen MR) is 78.6 cm³/mol. The smallest absolute Gasteiger partial charge is 0.213 e. The van der Waals surface area contributed by atoms with E-state index in [0.717, 1.165) is 18.8 Å². The Kier molecular flexibility index (Phi) is 5.26. The van der Waals surface area contributed by atoms with Gasteiger partial charge in [-0.1, -0.05) is 13.3 Å². The monoisotopic (exact) mass is 288 g/mol. The highest BCUT2D eigenvalue weighted by molar-refractivity contribution is 7.89. The molecule has 2 fully saturated rings. The lowest BCUT2D eigenvalue weighted by atomic mass is 10.0. The molecule has 0 aromatic heterocycles. The van der Waals surface area contributed by atoms with E-state index in [4.69, 9.17) is 0 Å². The fourth-order valence-electron chi connectivity index (χ4n) is 3.41. The summed E-state index contributed by atoms with van der Waals surface area (Å²) >= 11 is 0. The average molecular weight is 288 g/mol. The molecule has 2 unspecified atom stereocenters. The van der Waals surface area contributed by atoms with E-state index in [0.29, 0.717) is 25.2 Å². The van der Waals surface area contributed by atoms with E-state index < -0.39 is 10.0 Å². The van der Waals surface area contributed by atoms with Gasteiger partial charge in [0.05, 0.1) is 5.75 Å². The zero-order valence-corrected chi connectivity index (χ0v) is 13.1. The van der Waals surface area contributed by atoms with E-state index in [9.17, 15) is 8.42 Å². The summed E-state index contributed by atoms with van der Waals surface area (Å²) in [7, 11) is -2.98. The first-order chi connectivity index (χ1) is 9.05. The summed E-state index contributed by atoms with van der Waals surface area (Å²) in [6.45, 7) is 5.39. The number of nitrogens with zero attached hydrogens (tertiary/aromatic N) is 1. The fourth-order valence-corrected chi connectivity index (χ4v) is 4.55. The van der Waals surface area contributed by atoms with Gasteiger partial charge in [-0.25, -0.2) is 12.7 Å². The summed E-state index contributed by atoms with van der Waals surface area (Å²) in [6.07, 6.45) is 7.19. The molecule has 1 aliphatic carbocycles. The van der Waals surface area contributed by atoms with Gasteiger partial charge < -0.3 is 5.32 Å². The Balaban J connectivity index is 1.75. The molecule has 2 aliphatic rings. The number of hydrogen-bond acceptors (Lipinski definition) is 3. The quantitative estimate of drug-likeness (QED) is 0.841. The Morgan fingerprint density at radius 1 is 1.05 bits per heavy atom.